The topological polar surface area (TPSA) is 0 Å². The molecule has 0 radical (unpaired) electrons. The maximum atomic E-state index is 2.31. The van der Waals surface area contributed by atoms with Crippen LogP contribution in [0.2, 0.25) is 0 Å². The van der Waals surface area contributed by atoms with Gasteiger partial charge in [0, 0.05) is 0 Å². The predicted molar refractivity (Wildman–Crippen MR) is 53.0 cm³/mol. The summed E-state index contributed by atoms with van der Waals surface area (Å²) in [6.45, 7) is 4.55. The molecule has 0 heteroatoms. The van der Waals surface area contributed by atoms with Crippen molar-refractivity contribution in [3.63, 3.8) is 0 Å². The van der Waals surface area contributed by atoms with Crippen LogP contribution < -0.4 is 0 Å². The van der Waals surface area contributed by atoms with Gasteiger partial charge in [0.05, 0.1) is 0 Å². The van der Waals surface area contributed by atoms with Gasteiger partial charge in [-0.05, 0) is 39.5 Å². The Morgan fingerprint density at radius 1 is 0.833 bits per heavy atom. The fraction of sp³-hybridized carbons (Fsp3) is 0.500. The molecule has 0 saturated carbocycles. The van der Waals surface area contributed by atoms with E-state index in [0.717, 1.165) is 0 Å². The van der Waals surface area contributed by atoms with Gasteiger partial charge in [-0.3, -0.25) is 0 Å². The van der Waals surface area contributed by atoms with Crippen molar-refractivity contribution < 1.29 is 0 Å². The van der Waals surface area contributed by atoms with Crippen molar-refractivity contribution in [2.45, 2.75) is 39.5 Å². The summed E-state index contributed by atoms with van der Waals surface area (Å²) in [5.74, 6) is 0. The summed E-state index contributed by atoms with van der Waals surface area (Å²) in [6, 6.07) is 0. The fourth-order valence-electron chi connectivity index (χ4n) is 2.08. The van der Waals surface area contributed by atoms with Crippen LogP contribution in [0, 0.1) is 0 Å². The number of rotatable bonds is 0. The van der Waals surface area contributed by atoms with Crippen LogP contribution in [-0.4, -0.2) is 0 Å². The fourth-order valence-corrected chi connectivity index (χ4v) is 2.08. The van der Waals surface area contributed by atoms with Gasteiger partial charge in [0.25, 0.3) is 0 Å². The lowest BCUT2D eigenvalue weighted by molar-refractivity contribution is 0.847. The third-order valence-electron chi connectivity index (χ3n) is 3.08. The Kier molecular flexibility index (Phi) is 1.92. The molecule has 0 saturated heterocycles. The molecule has 0 bridgehead atoms. The van der Waals surface area contributed by atoms with Gasteiger partial charge in [0.15, 0.2) is 0 Å². The summed E-state index contributed by atoms with van der Waals surface area (Å²) in [4.78, 5) is 0. The zero-order chi connectivity index (χ0) is 8.55. The minimum atomic E-state index is 1.21. The van der Waals surface area contributed by atoms with Crippen LogP contribution in [0.25, 0.3) is 0 Å². The molecule has 0 heterocycles. The SMILES string of the molecule is CC1=C(C)CC2=C(CC=CC2)C1. The Labute approximate surface area is 74.7 Å². The van der Waals surface area contributed by atoms with Gasteiger partial charge in [0.2, 0.25) is 0 Å². The maximum absolute atomic E-state index is 2.31. The second-order valence-electron chi connectivity index (χ2n) is 4.00. The van der Waals surface area contributed by atoms with Gasteiger partial charge in [-0.1, -0.05) is 34.4 Å². The summed E-state index contributed by atoms with van der Waals surface area (Å²) in [5.41, 5.74) is 6.59. The van der Waals surface area contributed by atoms with Gasteiger partial charge < -0.3 is 0 Å². The van der Waals surface area contributed by atoms with Gasteiger partial charge >= 0.3 is 0 Å². The van der Waals surface area contributed by atoms with Gasteiger partial charge in [-0.25, -0.2) is 0 Å². The monoisotopic (exact) mass is 160 g/mol. The predicted octanol–water partition coefficient (Wildman–Crippen LogP) is 3.76. The summed E-state index contributed by atoms with van der Waals surface area (Å²) < 4.78 is 0. The van der Waals surface area contributed by atoms with E-state index in [1.165, 1.54) is 25.7 Å². The number of allylic oxidation sites excluding steroid dienone is 6. The molecule has 0 unspecified atom stereocenters. The molecule has 0 atom stereocenters. The Bertz CT molecular complexity index is 259. The lowest BCUT2D eigenvalue weighted by atomic mass is 9.82. The molecule has 2 aliphatic carbocycles. The molecule has 12 heavy (non-hydrogen) atoms. The minimum absolute atomic E-state index is 1.21. The van der Waals surface area contributed by atoms with E-state index in [-0.39, 0.29) is 0 Å². The normalized spacial score (nSPS) is 23.2. The average molecular weight is 160 g/mol. The standard InChI is InChI=1S/C12H16/c1-9-7-11-5-3-4-6-12(11)8-10(9)2/h3-4H,5-8H2,1-2H3. The van der Waals surface area contributed by atoms with E-state index >= 15 is 0 Å². The summed E-state index contributed by atoms with van der Waals surface area (Å²) in [5, 5.41) is 0. The molecule has 2 rings (SSSR count). The number of hydrogen-bond donors (Lipinski definition) is 0. The molecule has 2 aliphatic rings. The summed E-state index contributed by atoms with van der Waals surface area (Å²) in [6.07, 6.45) is 9.52. The van der Waals surface area contributed by atoms with Crippen LogP contribution in [0.5, 0.6) is 0 Å². The first kappa shape index (κ1) is 7.85. The first-order chi connectivity index (χ1) is 5.77. The number of hydrogen-bond acceptors (Lipinski definition) is 0. The molecule has 64 valence electrons. The lowest BCUT2D eigenvalue weighted by Crippen LogP contribution is -2.04. The molecule has 0 aliphatic heterocycles. The van der Waals surface area contributed by atoms with E-state index in [1.807, 2.05) is 0 Å². The van der Waals surface area contributed by atoms with E-state index in [1.54, 1.807) is 22.3 Å². The second-order valence-corrected chi connectivity index (χ2v) is 4.00. The van der Waals surface area contributed by atoms with Crippen molar-refractivity contribution in [3.8, 4) is 0 Å². The van der Waals surface area contributed by atoms with Crippen LogP contribution >= 0.6 is 0 Å². The molecule has 0 fully saturated rings. The zero-order valence-corrected chi connectivity index (χ0v) is 7.98. The van der Waals surface area contributed by atoms with Gasteiger partial charge in [-0.15, -0.1) is 0 Å². The first-order valence-corrected chi connectivity index (χ1v) is 4.77. The maximum Gasteiger partial charge on any atom is -0.0103 e. The molecule has 0 aromatic heterocycles. The highest BCUT2D eigenvalue weighted by molar-refractivity contribution is 5.36. The van der Waals surface area contributed by atoms with E-state index in [9.17, 15) is 0 Å². The Morgan fingerprint density at radius 3 is 1.67 bits per heavy atom. The van der Waals surface area contributed by atoms with Crippen molar-refractivity contribution in [1.82, 2.24) is 0 Å². The Balaban J connectivity index is 2.21. The largest absolute Gasteiger partial charge is 0.0841 e. The zero-order valence-electron chi connectivity index (χ0n) is 7.98. The van der Waals surface area contributed by atoms with Crippen LogP contribution in [0.3, 0.4) is 0 Å². The van der Waals surface area contributed by atoms with Crippen molar-refractivity contribution in [3.05, 3.63) is 34.4 Å². The minimum Gasteiger partial charge on any atom is -0.0841 e. The quantitative estimate of drug-likeness (QED) is 0.473. The molecule has 0 N–H and O–H groups in total. The van der Waals surface area contributed by atoms with Gasteiger partial charge in [0.1, 0.15) is 0 Å². The Morgan fingerprint density at radius 2 is 1.25 bits per heavy atom. The molecular formula is C12H16. The summed E-state index contributed by atoms with van der Waals surface area (Å²) >= 11 is 0. The first-order valence-electron chi connectivity index (χ1n) is 4.77. The van der Waals surface area contributed by atoms with Gasteiger partial charge in [-0.2, -0.15) is 0 Å². The average Bonchev–Trinajstić information content (AvgIpc) is 2.07. The van der Waals surface area contributed by atoms with Crippen molar-refractivity contribution >= 4 is 0 Å². The highest BCUT2D eigenvalue weighted by atomic mass is 14.2. The highest BCUT2D eigenvalue weighted by Gasteiger charge is 2.15. The molecule has 0 spiro atoms. The van der Waals surface area contributed by atoms with Crippen LogP contribution in [0.15, 0.2) is 34.4 Å². The third-order valence-corrected chi connectivity index (χ3v) is 3.08. The van der Waals surface area contributed by atoms with E-state index in [0.29, 0.717) is 0 Å². The van der Waals surface area contributed by atoms with Crippen LogP contribution in [-0.2, 0) is 0 Å². The van der Waals surface area contributed by atoms with E-state index < -0.39 is 0 Å². The lowest BCUT2D eigenvalue weighted by Gasteiger charge is -2.23. The third kappa shape index (κ3) is 1.26. The molecule has 0 nitrogen and oxygen atoms in total. The van der Waals surface area contributed by atoms with Crippen LogP contribution in [0.4, 0.5) is 0 Å². The molecular weight excluding hydrogens is 144 g/mol. The highest BCUT2D eigenvalue weighted by Crippen LogP contribution is 2.35. The van der Waals surface area contributed by atoms with Crippen molar-refractivity contribution in [2.75, 3.05) is 0 Å². The van der Waals surface area contributed by atoms with E-state index in [4.69, 9.17) is 0 Å². The molecule has 0 amide bonds. The second kappa shape index (κ2) is 2.93. The van der Waals surface area contributed by atoms with E-state index in [2.05, 4.69) is 26.0 Å². The van der Waals surface area contributed by atoms with Crippen molar-refractivity contribution in [1.29, 1.82) is 0 Å². The smallest absolute Gasteiger partial charge is 0.0103 e. The Hall–Kier alpha value is -0.780. The molecule has 0 aromatic rings. The summed E-state index contributed by atoms with van der Waals surface area (Å²) in [7, 11) is 0. The van der Waals surface area contributed by atoms with Crippen molar-refractivity contribution in [2.24, 2.45) is 0 Å². The molecule has 0 aromatic carbocycles. The van der Waals surface area contributed by atoms with Crippen LogP contribution in [0.1, 0.15) is 39.5 Å².